The Morgan fingerprint density at radius 2 is 2.32 bits per heavy atom. The average molecular weight is 261 g/mol. The highest BCUT2D eigenvalue weighted by Crippen LogP contribution is 2.24. The summed E-state index contributed by atoms with van der Waals surface area (Å²) in [4.78, 5) is 10.7. The van der Waals surface area contributed by atoms with E-state index < -0.39 is 0 Å². The van der Waals surface area contributed by atoms with Crippen LogP contribution in [0.5, 0.6) is 0 Å². The molecule has 2 heterocycles. The molecule has 2 atom stereocenters. The maximum atomic E-state index is 4.24. The average Bonchev–Trinajstić information content (AvgIpc) is 2.88. The summed E-state index contributed by atoms with van der Waals surface area (Å²) in [7, 11) is 3.87. The summed E-state index contributed by atoms with van der Waals surface area (Å²) in [5, 5.41) is 6.57. The van der Waals surface area contributed by atoms with Crippen LogP contribution in [0.2, 0.25) is 0 Å². The first kappa shape index (κ1) is 13.8. The molecule has 0 aromatic heterocycles. The molecular formula is C14H23N5. The molecule has 1 fully saturated rings. The van der Waals surface area contributed by atoms with Gasteiger partial charge in [-0.1, -0.05) is 6.92 Å². The third-order valence-corrected chi connectivity index (χ3v) is 3.96. The van der Waals surface area contributed by atoms with Crippen LogP contribution in [0.25, 0.3) is 0 Å². The van der Waals surface area contributed by atoms with Crippen LogP contribution in [0.3, 0.4) is 0 Å². The smallest absolute Gasteiger partial charge is 0.138 e. The highest BCUT2D eigenvalue weighted by Gasteiger charge is 2.28. The minimum absolute atomic E-state index is 0.439. The number of amidine groups is 1. The van der Waals surface area contributed by atoms with Crippen molar-refractivity contribution in [3.8, 4) is 0 Å². The molecule has 0 radical (unpaired) electrons. The van der Waals surface area contributed by atoms with E-state index in [4.69, 9.17) is 0 Å². The van der Waals surface area contributed by atoms with Crippen LogP contribution < -0.4 is 10.6 Å². The lowest BCUT2D eigenvalue weighted by Gasteiger charge is -2.38. The molecule has 0 aliphatic carbocycles. The Labute approximate surface area is 115 Å². The Morgan fingerprint density at radius 1 is 1.53 bits per heavy atom. The third kappa shape index (κ3) is 2.71. The van der Waals surface area contributed by atoms with E-state index in [2.05, 4.69) is 46.2 Å². The van der Waals surface area contributed by atoms with Gasteiger partial charge in [-0.15, -0.1) is 0 Å². The lowest BCUT2D eigenvalue weighted by Crippen LogP contribution is -2.48. The predicted octanol–water partition coefficient (Wildman–Crippen LogP) is 0.974. The van der Waals surface area contributed by atoms with Gasteiger partial charge in [-0.2, -0.15) is 0 Å². The van der Waals surface area contributed by atoms with E-state index in [1.807, 2.05) is 12.3 Å². The van der Waals surface area contributed by atoms with Crippen LogP contribution in [0.1, 0.15) is 13.3 Å². The first-order valence-electron chi connectivity index (χ1n) is 6.73. The lowest BCUT2D eigenvalue weighted by atomic mass is 9.93. The molecule has 5 heteroatoms. The zero-order chi connectivity index (χ0) is 13.8. The standard InChI is InChI=1S/C14H23N5/c1-10-5-7-17-9-12(10)19(4)14(16-3)11-6-8-18-13(11)15-2/h6,8,10,12,17H,3,5,7,9H2,1-2,4H3,(H,15,18)/b14-11+/t10-,12?/m1/s1. The van der Waals surface area contributed by atoms with Gasteiger partial charge in [0.2, 0.25) is 0 Å². The van der Waals surface area contributed by atoms with Crippen molar-refractivity contribution >= 4 is 12.6 Å². The predicted molar refractivity (Wildman–Crippen MR) is 80.4 cm³/mol. The molecule has 2 aliphatic heterocycles. The summed E-state index contributed by atoms with van der Waals surface area (Å²) in [6.45, 7) is 8.11. The van der Waals surface area contributed by atoms with Gasteiger partial charge >= 0.3 is 0 Å². The number of nitrogens with one attached hydrogen (secondary N) is 2. The first-order chi connectivity index (χ1) is 9.19. The van der Waals surface area contributed by atoms with Gasteiger partial charge in [-0.05, 0) is 31.7 Å². The van der Waals surface area contributed by atoms with Crippen LogP contribution in [0.15, 0.2) is 33.7 Å². The molecular weight excluding hydrogens is 238 g/mol. The Morgan fingerprint density at radius 3 is 2.95 bits per heavy atom. The highest BCUT2D eigenvalue weighted by molar-refractivity contribution is 6.04. The Kier molecular flexibility index (Phi) is 4.37. The van der Waals surface area contributed by atoms with Crippen LogP contribution in [-0.2, 0) is 0 Å². The molecule has 104 valence electrons. The van der Waals surface area contributed by atoms with Gasteiger partial charge in [0.15, 0.2) is 0 Å². The number of aliphatic imine (C=N–C) groups is 2. The van der Waals surface area contributed by atoms with Crippen molar-refractivity contribution in [3.05, 3.63) is 23.7 Å². The summed E-state index contributed by atoms with van der Waals surface area (Å²) in [5.41, 5.74) is 1.01. The number of hydrogen-bond acceptors (Lipinski definition) is 4. The second-order valence-electron chi connectivity index (χ2n) is 5.09. The first-order valence-corrected chi connectivity index (χ1v) is 6.73. The summed E-state index contributed by atoms with van der Waals surface area (Å²) < 4.78 is 0. The van der Waals surface area contributed by atoms with Gasteiger partial charge in [-0.25, -0.2) is 4.99 Å². The second-order valence-corrected chi connectivity index (χ2v) is 5.09. The molecule has 5 nitrogen and oxygen atoms in total. The van der Waals surface area contributed by atoms with E-state index in [-0.39, 0.29) is 0 Å². The van der Waals surface area contributed by atoms with Crippen LogP contribution in [0.4, 0.5) is 0 Å². The number of nitrogens with zero attached hydrogens (tertiary/aromatic N) is 3. The van der Waals surface area contributed by atoms with Crippen molar-refractivity contribution in [2.45, 2.75) is 19.4 Å². The largest absolute Gasteiger partial charge is 0.355 e. The number of rotatable bonds is 3. The van der Waals surface area contributed by atoms with Crippen molar-refractivity contribution in [3.63, 3.8) is 0 Å². The summed E-state index contributed by atoms with van der Waals surface area (Å²) in [6, 6.07) is 0.439. The molecule has 0 spiro atoms. The maximum Gasteiger partial charge on any atom is 0.138 e. The minimum Gasteiger partial charge on any atom is -0.355 e. The van der Waals surface area contributed by atoms with Crippen LogP contribution >= 0.6 is 0 Å². The number of hydrogen-bond donors (Lipinski definition) is 2. The van der Waals surface area contributed by atoms with Crippen molar-refractivity contribution in [2.75, 3.05) is 27.2 Å². The van der Waals surface area contributed by atoms with Gasteiger partial charge in [-0.3, -0.25) is 4.99 Å². The van der Waals surface area contributed by atoms with Gasteiger partial charge in [0.1, 0.15) is 11.7 Å². The van der Waals surface area contributed by atoms with Crippen LogP contribution in [0, 0.1) is 5.92 Å². The normalized spacial score (nSPS) is 31.2. The molecule has 0 aromatic rings. The van der Waals surface area contributed by atoms with Crippen molar-refractivity contribution in [1.29, 1.82) is 0 Å². The van der Waals surface area contributed by atoms with Crippen molar-refractivity contribution in [2.24, 2.45) is 15.9 Å². The fourth-order valence-corrected chi connectivity index (χ4v) is 2.76. The van der Waals surface area contributed by atoms with E-state index >= 15 is 0 Å². The third-order valence-electron chi connectivity index (χ3n) is 3.96. The molecule has 2 rings (SSSR count). The summed E-state index contributed by atoms with van der Waals surface area (Å²) in [6.07, 6.45) is 5.08. The van der Waals surface area contributed by atoms with Crippen molar-refractivity contribution < 1.29 is 0 Å². The molecule has 0 amide bonds. The van der Waals surface area contributed by atoms with Gasteiger partial charge in [0.05, 0.1) is 5.57 Å². The van der Waals surface area contributed by atoms with Crippen LogP contribution in [-0.4, -0.2) is 50.7 Å². The van der Waals surface area contributed by atoms with E-state index in [1.54, 1.807) is 7.05 Å². The highest BCUT2D eigenvalue weighted by atomic mass is 15.2. The van der Waals surface area contributed by atoms with Gasteiger partial charge < -0.3 is 15.5 Å². The fraction of sp³-hybridized carbons (Fsp3) is 0.571. The van der Waals surface area contributed by atoms with E-state index in [1.165, 1.54) is 6.42 Å². The Hall–Kier alpha value is -1.62. The minimum atomic E-state index is 0.439. The number of piperidine rings is 1. The van der Waals surface area contributed by atoms with E-state index in [0.717, 1.165) is 30.3 Å². The SMILES string of the molecule is C=N/C(=C1/C=CNC1=NC)N(C)C1CNCC[C@H]1C. The zero-order valence-electron chi connectivity index (χ0n) is 12.0. The molecule has 2 N–H and O–H groups in total. The maximum absolute atomic E-state index is 4.24. The second kappa shape index (κ2) is 6.02. The topological polar surface area (TPSA) is 52.0 Å². The monoisotopic (exact) mass is 261 g/mol. The summed E-state index contributed by atoms with van der Waals surface area (Å²) in [5.74, 6) is 2.39. The molecule has 0 bridgehead atoms. The van der Waals surface area contributed by atoms with E-state index in [0.29, 0.717) is 12.0 Å². The fourth-order valence-electron chi connectivity index (χ4n) is 2.76. The Balaban J connectivity index is 2.28. The molecule has 0 saturated carbocycles. The van der Waals surface area contributed by atoms with Crippen molar-refractivity contribution in [1.82, 2.24) is 15.5 Å². The van der Waals surface area contributed by atoms with Gasteiger partial charge in [0, 0.05) is 32.9 Å². The molecule has 2 aliphatic rings. The quantitative estimate of drug-likeness (QED) is 0.745. The van der Waals surface area contributed by atoms with Gasteiger partial charge in [0.25, 0.3) is 0 Å². The molecule has 0 aromatic carbocycles. The molecule has 1 unspecified atom stereocenters. The summed E-state index contributed by atoms with van der Waals surface area (Å²) >= 11 is 0. The molecule has 19 heavy (non-hydrogen) atoms. The lowest BCUT2D eigenvalue weighted by molar-refractivity contribution is 0.185. The number of likely N-dealkylation sites (N-methyl/N-ethyl adjacent to an activating group) is 1. The van der Waals surface area contributed by atoms with E-state index in [9.17, 15) is 0 Å². The Bertz CT molecular complexity index is 435. The molecule has 1 saturated heterocycles. The zero-order valence-corrected chi connectivity index (χ0v) is 12.0.